The summed E-state index contributed by atoms with van der Waals surface area (Å²) >= 11 is 0. The van der Waals surface area contributed by atoms with Crippen LogP contribution in [0.25, 0.3) is 0 Å². The smallest absolute Gasteiger partial charge is 0.264 e. The van der Waals surface area contributed by atoms with E-state index in [2.05, 4.69) is 5.32 Å². The molecule has 9 nitrogen and oxygen atoms in total. The van der Waals surface area contributed by atoms with Gasteiger partial charge in [-0.1, -0.05) is 36.4 Å². The molecular weight excluding hydrogens is 444 g/mol. The second kappa shape index (κ2) is 9.35. The molecule has 2 aromatic carbocycles. The maximum atomic E-state index is 13.0. The minimum Gasteiger partial charge on any atom is -0.355 e. The number of carbonyl (C=O) groups excluding carboxylic acids is 1. The molecule has 3 N–H and O–H groups in total. The van der Waals surface area contributed by atoms with Gasteiger partial charge >= 0.3 is 0 Å². The molecule has 0 spiro atoms. The highest BCUT2D eigenvalue weighted by molar-refractivity contribution is 7.86. The van der Waals surface area contributed by atoms with Crippen LogP contribution in [0.1, 0.15) is 29.9 Å². The quantitative estimate of drug-likeness (QED) is 0.375. The van der Waals surface area contributed by atoms with E-state index in [1.807, 2.05) is 53.4 Å². The van der Waals surface area contributed by atoms with Crippen molar-refractivity contribution < 1.29 is 30.7 Å². The van der Waals surface area contributed by atoms with E-state index in [0.29, 0.717) is 6.54 Å². The van der Waals surface area contributed by atoms with Crippen molar-refractivity contribution in [3.05, 3.63) is 59.7 Å². The first-order chi connectivity index (χ1) is 14.6. The zero-order valence-electron chi connectivity index (χ0n) is 16.6. The molecule has 1 heterocycles. The van der Waals surface area contributed by atoms with E-state index in [0.717, 1.165) is 22.5 Å². The van der Waals surface area contributed by atoms with Gasteiger partial charge in [0, 0.05) is 24.5 Å². The third-order valence-electron chi connectivity index (χ3n) is 5.00. The Morgan fingerprint density at radius 2 is 1.32 bits per heavy atom. The predicted molar refractivity (Wildman–Crippen MR) is 117 cm³/mol. The Morgan fingerprint density at radius 3 is 1.84 bits per heavy atom. The maximum absolute atomic E-state index is 13.0. The predicted octanol–water partition coefficient (Wildman–Crippen LogP) is 1.94. The van der Waals surface area contributed by atoms with Crippen LogP contribution in [0.15, 0.2) is 48.5 Å². The number of hydrogen-bond acceptors (Lipinski definition) is 6. The summed E-state index contributed by atoms with van der Waals surface area (Å²) in [5, 5.41) is 2.74. The number of anilines is 2. The summed E-state index contributed by atoms with van der Waals surface area (Å²) in [4.78, 5) is 15.0. The SMILES string of the molecule is O=C(NCCCS(=O)(=O)O)C1c2ccccc2N(CCCS(=O)(=O)O)c2ccccc21. The molecule has 168 valence electrons. The molecule has 0 fully saturated rings. The van der Waals surface area contributed by atoms with Gasteiger partial charge in [-0.05, 0) is 36.1 Å². The van der Waals surface area contributed by atoms with Gasteiger partial charge in [0.05, 0.1) is 17.4 Å². The number of nitrogens with zero attached hydrogens (tertiary/aromatic N) is 1. The number of amides is 1. The molecule has 1 amide bonds. The fourth-order valence-corrected chi connectivity index (χ4v) is 4.75. The second-order valence-electron chi connectivity index (χ2n) is 7.27. The van der Waals surface area contributed by atoms with Gasteiger partial charge in [-0.2, -0.15) is 16.8 Å². The first kappa shape index (κ1) is 23.2. The number of carbonyl (C=O) groups is 1. The van der Waals surface area contributed by atoms with Crippen molar-refractivity contribution in [3.63, 3.8) is 0 Å². The third-order valence-corrected chi connectivity index (χ3v) is 6.61. The summed E-state index contributed by atoms with van der Waals surface area (Å²) in [5.41, 5.74) is 2.99. The summed E-state index contributed by atoms with van der Waals surface area (Å²) < 4.78 is 61.9. The first-order valence-electron chi connectivity index (χ1n) is 9.70. The van der Waals surface area contributed by atoms with Crippen molar-refractivity contribution in [1.29, 1.82) is 0 Å². The molecule has 0 saturated carbocycles. The van der Waals surface area contributed by atoms with Crippen LogP contribution >= 0.6 is 0 Å². The number of nitrogens with one attached hydrogen (secondary N) is 1. The first-order valence-corrected chi connectivity index (χ1v) is 12.9. The van der Waals surface area contributed by atoms with E-state index in [-0.39, 0.29) is 31.0 Å². The van der Waals surface area contributed by atoms with Crippen molar-refractivity contribution in [2.24, 2.45) is 0 Å². The largest absolute Gasteiger partial charge is 0.355 e. The summed E-state index contributed by atoms with van der Waals surface area (Å²) in [5.74, 6) is -1.73. The molecule has 1 aliphatic heterocycles. The van der Waals surface area contributed by atoms with Crippen molar-refractivity contribution in [3.8, 4) is 0 Å². The summed E-state index contributed by atoms with van der Waals surface area (Å²) in [6, 6.07) is 14.6. The molecule has 0 saturated heterocycles. The van der Waals surface area contributed by atoms with Crippen LogP contribution in [0.5, 0.6) is 0 Å². The Hall–Kier alpha value is -2.47. The molecule has 0 atom stereocenters. The minimum absolute atomic E-state index is 0.0857. The van der Waals surface area contributed by atoms with Crippen LogP contribution in [0, 0.1) is 0 Å². The molecule has 1 aliphatic rings. The van der Waals surface area contributed by atoms with E-state index in [9.17, 15) is 21.6 Å². The van der Waals surface area contributed by atoms with Crippen LogP contribution in [0.4, 0.5) is 11.4 Å². The van der Waals surface area contributed by atoms with Gasteiger partial charge in [-0.25, -0.2) is 0 Å². The lowest BCUT2D eigenvalue weighted by atomic mass is 9.84. The number of fused-ring (bicyclic) bond motifs is 2. The maximum Gasteiger partial charge on any atom is 0.264 e. The van der Waals surface area contributed by atoms with Gasteiger partial charge in [-0.3, -0.25) is 13.9 Å². The highest BCUT2D eigenvalue weighted by atomic mass is 32.2. The molecule has 11 heteroatoms. The standard InChI is InChI=1S/C20H24N2O7S2/c23-20(21-11-5-13-30(24,25)26)19-15-7-1-3-9-17(15)22(12-6-14-31(27,28)29)18-10-4-2-8-16(18)19/h1-4,7-10,19H,5-6,11-14H2,(H,21,23)(H,24,25,26)(H,27,28,29). The van der Waals surface area contributed by atoms with Crippen molar-refractivity contribution >= 4 is 37.5 Å². The average Bonchev–Trinajstić information content (AvgIpc) is 2.69. The Balaban J connectivity index is 1.87. The molecule has 0 unspecified atom stereocenters. The average molecular weight is 469 g/mol. The van der Waals surface area contributed by atoms with Crippen LogP contribution in [0.2, 0.25) is 0 Å². The number of para-hydroxylation sites is 2. The van der Waals surface area contributed by atoms with Gasteiger partial charge in [0.2, 0.25) is 5.91 Å². The fraction of sp³-hybridized carbons (Fsp3) is 0.350. The van der Waals surface area contributed by atoms with Crippen molar-refractivity contribution in [1.82, 2.24) is 5.32 Å². The topological polar surface area (TPSA) is 141 Å². The Bertz CT molecular complexity index is 1120. The summed E-state index contributed by atoms with van der Waals surface area (Å²) in [7, 11) is -8.17. The van der Waals surface area contributed by atoms with Gasteiger partial charge in [0.25, 0.3) is 20.2 Å². The number of hydrogen-bond donors (Lipinski definition) is 3. The lowest BCUT2D eigenvalue weighted by Crippen LogP contribution is -2.36. The fourth-order valence-electron chi connectivity index (χ4n) is 3.75. The zero-order chi connectivity index (χ0) is 22.6. The van der Waals surface area contributed by atoms with E-state index >= 15 is 0 Å². The molecule has 3 rings (SSSR count). The van der Waals surface area contributed by atoms with Crippen LogP contribution in [-0.2, 0) is 25.0 Å². The van der Waals surface area contributed by atoms with Crippen molar-refractivity contribution in [2.45, 2.75) is 18.8 Å². The Kier molecular flexibility index (Phi) is 6.99. The van der Waals surface area contributed by atoms with Crippen LogP contribution in [0.3, 0.4) is 0 Å². The summed E-state index contributed by atoms with van der Waals surface area (Å²) in [6.07, 6.45) is 0.288. The molecule has 2 aromatic rings. The van der Waals surface area contributed by atoms with Crippen molar-refractivity contribution in [2.75, 3.05) is 29.5 Å². The normalized spacial score (nSPS) is 14.1. The number of rotatable bonds is 9. The highest BCUT2D eigenvalue weighted by Gasteiger charge is 2.34. The Labute approximate surface area is 181 Å². The molecule has 0 aliphatic carbocycles. The minimum atomic E-state index is -4.09. The molecule has 0 aromatic heterocycles. The molecule has 0 bridgehead atoms. The molecule has 31 heavy (non-hydrogen) atoms. The van der Waals surface area contributed by atoms with E-state index in [1.165, 1.54) is 0 Å². The van der Waals surface area contributed by atoms with Gasteiger partial charge < -0.3 is 10.2 Å². The van der Waals surface area contributed by atoms with Crippen LogP contribution < -0.4 is 10.2 Å². The van der Waals surface area contributed by atoms with E-state index in [4.69, 9.17) is 9.11 Å². The lowest BCUT2D eigenvalue weighted by Gasteiger charge is -2.37. The summed E-state index contributed by atoms with van der Waals surface area (Å²) in [6.45, 7) is 0.425. The number of benzene rings is 2. The van der Waals surface area contributed by atoms with E-state index in [1.54, 1.807) is 0 Å². The van der Waals surface area contributed by atoms with Gasteiger partial charge in [0.1, 0.15) is 0 Å². The van der Waals surface area contributed by atoms with Gasteiger partial charge in [0.15, 0.2) is 0 Å². The monoisotopic (exact) mass is 468 g/mol. The zero-order valence-corrected chi connectivity index (χ0v) is 18.3. The third kappa shape index (κ3) is 6.03. The Morgan fingerprint density at radius 1 is 0.839 bits per heavy atom. The lowest BCUT2D eigenvalue weighted by molar-refractivity contribution is -0.121. The van der Waals surface area contributed by atoms with Crippen LogP contribution in [-0.4, -0.2) is 56.4 Å². The van der Waals surface area contributed by atoms with E-state index < -0.39 is 31.9 Å². The highest BCUT2D eigenvalue weighted by Crippen LogP contribution is 2.45. The molecule has 0 radical (unpaired) electrons. The van der Waals surface area contributed by atoms with Gasteiger partial charge in [-0.15, -0.1) is 0 Å². The molecular formula is C20H24N2O7S2. The second-order valence-corrected chi connectivity index (χ2v) is 10.4.